The fourth-order valence-corrected chi connectivity index (χ4v) is 3.28. The molecule has 0 aliphatic carbocycles. The second kappa shape index (κ2) is 11.5. The lowest BCUT2D eigenvalue weighted by Crippen LogP contribution is -2.48. The first kappa shape index (κ1) is 22.8. The number of hydrogen-bond acceptors (Lipinski definition) is 3. The molecule has 156 valence electrons. The van der Waals surface area contributed by atoms with E-state index in [1.807, 2.05) is 56.3 Å². The monoisotopic (exact) mass is 416 g/mol. The molecule has 0 heterocycles. The molecule has 2 aromatic carbocycles. The van der Waals surface area contributed by atoms with Crippen LogP contribution in [0.2, 0.25) is 5.02 Å². The fraction of sp³-hybridized carbons (Fsp3) is 0.391. The van der Waals surface area contributed by atoms with Gasteiger partial charge in [-0.2, -0.15) is 0 Å². The third kappa shape index (κ3) is 6.79. The number of amides is 2. The van der Waals surface area contributed by atoms with E-state index in [9.17, 15) is 9.59 Å². The van der Waals surface area contributed by atoms with Gasteiger partial charge in [-0.15, -0.1) is 0 Å². The van der Waals surface area contributed by atoms with Gasteiger partial charge in [-0.05, 0) is 43.5 Å². The van der Waals surface area contributed by atoms with E-state index in [0.29, 0.717) is 37.4 Å². The zero-order valence-corrected chi connectivity index (χ0v) is 18.0. The molecule has 2 aromatic rings. The van der Waals surface area contributed by atoms with Gasteiger partial charge >= 0.3 is 0 Å². The minimum atomic E-state index is -0.540. The van der Waals surface area contributed by atoms with Gasteiger partial charge in [0.05, 0.1) is 6.61 Å². The van der Waals surface area contributed by atoms with Crippen molar-refractivity contribution in [2.75, 3.05) is 13.7 Å². The van der Waals surface area contributed by atoms with E-state index in [0.717, 1.165) is 11.3 Å². The highest BCUT2D eigenvalue weighted by Crippen LogP contribution is 2.20. The Morgan fingerprint density at radius 3 is 2.45 bits per heavy atom. The molecule has 1 N–H and O–H groups in total. The Morgan fingerprint density at radius 2 is 1.83 bits per heavy atom. The average molecular weight is 417 g/mol. The minimum Gasteiger partial charge on any atom is -0.494 e. The molecular formula is C23H29ClN2O3. The van der Waals surface area contributed by atoms with Crippen molar-refractivity contribution in [3.8, 4) is 5.75 Å². The number of hydrogen-bond donors (Lipinski definition) is 1. The molecule has 6 heteroatoms. The van der Waals surface area contributed by atoms with Crippen molar-refractivity contribution >= 4 is 23.4 Å². The molecule has 0 saturated carbocycles. The second-order valence-corrected chi connectivity index (χ2v) is 7.32. The second-order valence-electron chi connectivity index (χ2n) is 6.92. The number of nitrogens with one attached hydrogen (secondary N) is 1. The number of carbonyl (C=O) groups is 2. The number of ether oxygens (including phenoxy) is 1. The first-order valence-corrected chi connectivity index (χ1v) is 10.3. The van der Waals surface area contributed by atoms with E-state index in [1.54, 1.807) is 18.0 Å². The zero-order chi connectivity index (χ0) is 21.2. The number of carbonyl (C=O) groups excluding carboxylic acids is 2. The molecule has 0 aromatic heterocycles. The number of benzene rings is 2. The SMILES string of the molecule is CCC(C(=O)NC)N(Cc1ccccc1Cl)C(=O)CCCOc1ccc(C)cc1. The van der Waals surface area contributed by atoms with Crippen LogP contribution in [0.15, 0.2) is 48.5 Å². The molecule has 0 bridgehead atoms. The van der Waals surface area contributed by atoms with Gasteiger partial charge in [0.25, 0.3) is 0 Å². The van der Waals surface area contributed by atoms with Crippen molar-refractivity contribution in [2.45, 2.75) is 45.7 Å². The maximum absolute atomic E-state index is 13.0. The van der Waals surface area contributed by atoms with Crippen molar-refractivity contribution in [1.29, 1.82) is 0 Å². The van der Waals surface area contributed by atoms with Gasteiger partial charge in [-0.1, -0.05) is 54.4 Å². The van der Waals surface area contributed by atoms with Gasteiger partial charge in [-0.25, -0.2) is 0 Å². The Hall–Kier alpha value is -2.53. The maximum atomic E-state index is 13.0. The molecule has 2 rings (SSSR count). The van der Waals surface area contributed by atoms with Crippen LogP contribution in [0, 0.1) is 6.92 Å². The van der Waals surface area contributed by atoms with Crippen molar-refractivity contribution in [2.24, 2.45) is 0 Å². The van der Waals surface area contributed by atoms with Gasteiger partial charge in [0, 0.05) is 25.0 Å². The van der Waals surface area contributed by atoms with Crippen molar-refractivity contribution in [1.82, 2.24) is 10.2 Å². The van der Waals surface area contributed by atoms with Crippen LogP contribution in [0.4, 0.5) is 0 Å². The lowest BCUT2D eigenvalue weighted by Gasteiger charge is -2.30. The number of nitrogens with zero attached hydrogens (tertiary/aromatic N) is 1. The summed E-state index contributed by atoms with van der Waals surface area (Å²) in [5, 5.41) is 3.24. The molecule has 1 unspecified atom stereocenters. The maximum Gasteiger partial charge on any atom is 0.242 e. The highest BCUT2D eigenvalue weighted by molar-refractivity contribution is 6.31. The molecule has 29 heavy (non-hydrogen) atoms. The Kier molecular flexibility index (Phi) is 9.00. The largest absolute Gasteiger partial charge is 0.494 e. The molecular weight excluding hydrogens is 388 g/mol. The van der Waals surface area contributed by atoms with Crippen LogP contribution in [0.1, 0.15) is 37.3 Å². The standard InChI is InChI=1S/C23H29ClN2O3/c1-4-21(23(28)25-3)26(16-18-8-5-6-9-20(18)24)22(27)10-7-15-29-19-13-11-17(2)12-14-19/h5-6,8-9,11-14,21H,4,7,10,15-16H2,1-3H3,(H,25,28). The summed E-state index contributed by atoms with van der Waals surface area (Å²) in [6.45, 7) is 4.65. The van der Waals surface area contributed by atoms with Gasteiger partial charge in [0.15, 0.2) is 0 Å². The smallest absolute Gasteiger partial charge is 0.242 e. The number of aryl methyl sites for hydroxylation is 1. The van der Waals surface area contributed by atoms with Crippen molar-refractivity contribution in [3.63, 3.8) is 0 Å². The molecule has 0 fully saturated rings. The van der Waals surface area contributed by atoms with Gasteiger partial charge in [0.2, 0.25) is 11.8 Å². The summed E-state index contributed by atoms with van der Waals surface area (Å²) in [6.07, 6.45) is 1.38. The van der Waals surface area contributed by atoms with E-state index in [-0.39, 0.29) is 11.8 Å². The molecule has 0 aliphatic rings. The number of rotatable bonds is 10. The van der Waals surface area contributed by atoms with E-state index in [1.165, 1.54) is 5.56 Å². The highest BCUT2D eigenvalue weighted by Gasteiger charge is 2.28. The lowest BCUT2D eigenvalue weighted by molar-refractivity contribution is -0.141. The third-order valence-corrected chi connectivity index (χ3v) is 5.12. The Bertz CT molecular complexity index is 808. The third-order valence-electron chi connectivity index (χ3n) is 4.76. The topological polar surface area (TPSA) is 58.6 Å². The lowest BCUT2D eigenvalue weighted by atomic mass is 10.1. The van der Waals surface area contributed by atoms with Gasteiger partial charge in [0.1, 0.15) is 11.8 Å². The summed E-state index contributed by atoms with van der Waals surface area (Å²) in [5.74, 6) is 0.518. The quantitative estimate of drug-likeness (QED) is 0.585. The predicted octanol–water partition coefficient (Wildman–Crippen LogP) is 4.36. The molecule has 0 aliphatic heterocycles. The van der Waals surface area contributed by atoms with Crippen LogP contribution in [-0.2, 0) is 16.1 Å². The Morgan fingerprint density at radius 1 is 1.14 bits per heavy atom. The Labute approximate surface area is 178 Å². The Balaban J connectivity index is 2.02. The molecule has 1 atom stereocenters. The molecule has 0 spiro atoms. The van der Waals surface area contributed by atoms with E-state index >= 15 is 0 Å². The van der Waals surface area contributed by atoms with Crippen LogP contribution in [0.3, 0.4) is 0 Å². The van der Waals surface area contributed by atoms with E-state index in [2.05, 4.69) is 5.32 Å². The highest BCUT2D eigenvalue weighted by atomic mass is 35.5. The van der Waals surface area contributed by atoms with Crippen LogP contribution in [0.25, 0.3) is 0 Å². The summed E-state index contributed by atoms with van der Waals surface area (Å²) < 4.78 is 5.71. The summed E-state index contributed by atoms with van der Waals surface area (Å²) in [7, 11) is 1.58. The number of halogens is 1. The van der Waals surface area contributed by atoms with E-state index < -0.39 is 6.04 Å². The molecule has 0 radical (unpaired) electrons. The predicted molar refractivity (Wildman–Crippen MR) is 116 cm³/mol. The van der Waals surface area contributed by atoms with E-state index in [4.69, 9.17) is 16.3 Å². The summed E-state index contributed by atoms with van der Waals surface area (Å²) in [4.78, 5) is 26.9. The minimum absolute atomic E-state index is 0.0899. The average Bonchev–Trinajstić information content (AvgIpc) is 2.73. The molecule has 5 nitrogen and oxygen atoms in total. The molecule has 0 saturated heterocycles. The van der Waals surface area contributed by atoms with Gasteiger partial charge < -0.3 is 15.0 Å². The summed E-state index contributed by atoms with van der Waals surface area (Å²) in [5.41, 5.74) is 1.99. The van der Waals surface area contributed by atoms with Crippen LogP contribution >= 0.6 is 11.6 Å². The zero-order valence-electron chi connectivity index (χ0n) is 17.3. The first-order chi connectivity index (χ1) is 14.0. The van der Waals surface area contributed by atoms with Crippen molar-refractivity contribution < 1.29 is 14.3 Å². The summed E-state index contributed by atoms with van der Waals surface area (Å²) in [6, 6.07) is 14.6. The normalized spacial score (nSPS) is 11.6. The van der Waals surface area contributed by atoms with Crippen LogP contribution in [0.5, 0.6) is 5.75 Å². The van der Waals surface area contributed by atoms with Crippen LogP contribution in [-0.4, -0.2) is 36.4 Å². The fourth-order valence-electron chi connectivity index (χ4n) is 3.09. The summed E-state index contributed by atoms with van der Waals surface area (Å²) >= 11 is 6.28. The number of likely N-dealkylation sites (N-methyl/N-ethyl adjacent to an activating group) is 1. The van der Waals surface area contributed by atoms with Crippen LogP contribution < -0.4 is 10.1 Å². The van der Waals surface area contributed by atoms with Gasteiger partial charge in [-0.3, -0.25) is 9.59 Å². The first-order valence-electron chi connectivity index (χ1n) is 9.90. The molecule has 2 amide bonds. The van der Waals surface area contributed by atoms with Crippen molar-refractivity contribution in [3.05, 3.63) is 64.7 Å².